The van der Waals surface area contributed by atoms with Crippen LogP contribution in [0.4, 0.5) is 0 Å². The molecule has 0 aliphatic carbocycles. The van der Waals surface area contributed by atoms with Crippen LogP contribution in [0.5, 0.6) is 0 Å². The highest BCUT2D eigenvalue weighted by molar-refractivity contribution is 14.1. The molecular formula is C4H9IN2. The highest BCUT2D eigenvalue weighted by Gasteiger charge is 2.29. The van der Waals surface area contributed by atoms with Gasteiger partial charge < -0.3 is 5.73 Å². The van der Waals surface area contributed by atoms with Crippen LogP contribution in [0, 0.1) is 0 Å². The lowest BCUT2D eigenvalue weighted by Crippen LogP contribution is -2.57. The second kappa shape index (κ2) is 1.87. The number of rotatable bonds is 0. The molecule has 1 aliphatic rings. The maximum atomic E-state index is 5.57. The lowest BCUT2D eigenvalue weighted by Gasteiger charge is -2.39. The van der Waals surface area contributed by atoms with Gasteiger partial charge in [-0.15, -0.1) is 0 Å². The minimum atomic E-state index is 0.428. The van der Waals surface area contributed by atoms with Gasteiger partial charge in [0, 0.05) is 41.5 Å². The highest BCUT2D eigenvalue weighted by Crippen LogP contribution is 2.19. The molecule has 2 N–H and O–H groups in total. The van der Waals surface area contributed by atoms with E-state index in [1.807, 2.05) is 0 Å². The van der Waals surface area contributed by atoms with Gasteiger partial charge in [0.15, 0.2) is 0 Å². The van der Waals surface area contributed by atoms with Crippen molar-refractivity contribution in [1.29, 1.82) is 0 Å². The minimum absolute atomic E-state index is 0.428. The molecule has 1 saturated heterocycles. The largest absolute Gasteiger partial charge is 0.325 e. The summed E-state index contributed by atoms with van der Waals surface area (Å²) >= 11 is 2.29. The fourth-order valence-electron chi connectivity index (χ4n) is 0.590. The molecule has 3 heteroatoms. The molecule has 2 atom stereocenters. The van der Waals surface area contributed by atoms with Crippen LogP contribution in [0.15, 0.2) is 0 Å². The second-order valence-corrected chi connectivity index (χ2v) is 3.23. The first-order chi connectivity index (χ1) is 3.22. The Morgan fingerprint density at radius 2 is 2.43 bits per heavy atom. The Balaban J connectivity index is 2.29. The van der Waals surface area contributed by atoms with Gasteiger partial charge in [-0.05, 0) is 6.92 Å². The van der Waals surface area contributed by atoms with Crippen LogP contribution < -0.4 is 5.73 Å². The van der Waals surface area contributed by atoms with E-state index >= 15 is 0 Å². The Morgan fingerprint density at radius 3 is 2.43 bits per heavy atom. The van der Waals surface area contributed by atoms with E-state index < -0.39 is 0 Å². The van der Waals surface area contributed by atoms with Crippen molar-refractivity contribution in [2.45, 2.75) is 19.0 Å². The molecule has 1 heterocycles. The van der Waals surface area contributed by atoms with Crippen LogP contribution in [0.25, 0.3) is 0 Å². The fourth-order valence-corrected chi connectivity index (χ4v) is 1.46. The summed E-state index contributed by atoms with van der Waals surface area (Å²) in [7, 11) is 0. The summed E-state index contributed by atoms with van der Waals surface area (Å²) in [6, 6.07) is 1.03. The van der Waals surface area contributed by atoms with Gasteiger partial charge in [0.2, 0.25) is 0 Å². The summed E-state index contributed by atoms with van der Waals surface area (Å²) in [4.78, 5) is 0. The van der Waals surface area contributed by atoms with E-state index in [4.69, 9.17) is 5.73 Å². The molecule has 0 amide bonds. The Kier molecular flexibility index (Phi) is 1.55. The molecule has 0 aromatic rings. The average Bonchev–Trinajstić information content (AvgIpc) is 1.68. The number of halogens is 1. The van der Waals surface area contributed by atoms with E-state index in [1.54, 1.807) is 0 Å². The van der Waals surface area contributed by atoms with Gasteiger partial charge in [-0.3, -0.25) is 0 Å². The van der Waals surface area contributed by atoms with Gasteiger partial charge in [0.25, 0.3) is 0 Å². The first-order valence-corrected chi connectivity index (χ1v) is 3.36. The third-order valence-corrected chi connectivity index (χ3v) is 2.72. The van der Waals surface area contributed by atoms with Gasteiger partial charge in [0.05, 0.1) is 0 Å². The zero-order valence-electron chi connectivity index (χ0n) is 4.26. The topological polar surface area (TPSA) is 29.3 Å². The summed E-state index contributed by atoms with van der Waals surface area (Å²) in [5.41, 5.74) is 5.57. The van der Waals surface area contributed by atoms with E-state index in [1.165, 1.54) is 0 Å². The maximum Gasteiger partial charge on any atom is 0.0340 e. The van der Waals surface area contributed by atoms with Crippen molar-refractivity contribution in [3.63, 3.8) is 0 Å². The summed E-state index contributed by atoms with van der Waals surface area (Å²) < 4.78 is 2.21. The van der Waals surface area contributed by atoms with Crippen LogP contribution in [-0.4, -0.2) is 21.7 Å². The van der Waals surface area contributed by atoms with E-state index in [2.05, 4.69) is 32.9 Å². The Labute approximate surface area is 57.5 Å². The van der Waals surface area contributed by atoms with Gasteiger partial charge in [-0.25, -0.2) is 3.11 Å². The third kappa shape index (κ3) is 0.899. The summed E-state index contributed by atoms with van der Waals surface area (Å²) in [6.45, 7) is 3.20. The smallest absolute Gasteiger partial charge is 0.0340 e. The van der Waals surface area contributed by atoms with Crippen molar-refractivity contribution < 1.29 is 0 Å². The molecule has 7 heavy (non-hydrogen) atoms. The number of hydrogen-bond acceptors (Lipinski definition) is 2. The van der Waals surface area contributed by atoms with Gasteiger partial charge in [0.1, 0.15) is 0 Å². The van der Waals surface area contributed by atoms with Gasteiger partial charge in [-0.1, -0.05) is 0 Å². The van der Waals surface area contributed by atoms with E-state index in [-0.39, 0.29) is 0 Å². The minimum Gasteiger partial charge on any atom is -0.325 e. The maximum absolute atomic E-state index is 5.57. The van der Waals surface area contributed by atoms with Crippen molar-refractivity contribution >= 4 is 22.9 Å². The molecule has 0 aromatic carbocycles. The lowest BCUT2D eigenvalue weighted by molar-refractivity contribution is 0.220. The number of hydrogen-bond donors (Lipinski definition) is 1. The van der Waals surface area contributed by atoms with Crippen molar-refractivity contribution in [1.82, 2.24) is 3.11 Å². The molecule has 0 saturated carbocycles. The number of nitrogens with zero attached hydrogens (tertiary/aromatic N) is 1. The molecule has 0 aromatic heterocycles. The fraction of sp³-hybridized carbons (Fsp3) is 1.00. The van der Waals surface area contributed by atoms with Crippen molar-refractivity contribution in [2.75, 3.05) is 6.54 Å². The molecular weight excluding hydrogens is 203 g/mol. The molecule has 1 rings (SSSR count). The molecule has 0 bridgehead atoms. The Morgan fingerprint density at radius 1 is 1.86 bits per heavy atom. The molecule has 0 spiro atoms. The first-order valence-electron chi connectivity index (χ1n) is 2.40. The van der Waals surface area contributed by atoms with Crippen molar-refractivity contribution in [2.24, 2.45) is 5.73 Å². The predicted molar refractivity (Wildman–Crippen MR) is 38.2 cm³/mol. The van der Waals surface area contributed by atoms with Crippen molar-refractivity contribution in [3.8, 4) is 0 Å². The van der Waals surface area contributed by atoms with E-state index in [9.17, 15) is 0 Å². The van der Waals surface area contributed by atoms with Crippen molar-refractivity contribution in [3.05, 3.63) is 0 Å². The Hall–Kier alpha value is 0.650. The quantitative estimate of drug-likeness (QED) is 0.464. The van der Waals surface area contributed by atoms with Crippen LogP contribution in [0.3, 0.4) is 0 Å². The SMILES string of the molecule is C[C@H]1C(N)CN1I. The monoisotopic (exact) mass is 212 g/mol. The van der Waals surface area contributed by atoms with Gasteiger partial charge in [-0.2, -0.15) is 0 Å². The van der Waals surface area contributed by atoms with Crippen LogP contribution >= 0.6 is 22.9 Å². The molecule has 2 nitrogen and oxygen atoms in total. The van der Waals surface area contributed by atoms with Gasteiger partial charge >= 0.3 is 0 Å². The van der Waals surface area contributed by atoms with Crippen LogP contribution in [0.2, 0.25) is 0 Å². The number of nitrogens with two attached hydrogens (primary N) is 1. The summed E-state index contributed by atoms with van der Waals surface area (Å²) in [5, 5.41) is 0. The predicted octanol–water partition coefficient (Wildman–Crippen LogP) is 0.368. The molecule has 1 fully saturated rings. The first kappa shape index (κ1) is 5.78. The normalized spacial score (nSPS) is 43.3. The molecule has 42 valence electrons. The zero-order valence-corrected chi connectivity index (χ0v) is 6.42. The zero-order chi connectivity index (χ0) is 5.44. The lowest BCUT2D eigenvalue weighted by atomic mass is 10.0. The summed E-state index contributed by atoms with van der Waals surface area (Å²) in [6.07, 6.45) is 0. The summed E-state index contributed by atoms with van der Waals surface area (Å²) in [5.74, 6) is 0. The second-order valence-electron chi connectivity index (χ2n) is 1.99. The molecule has 1 aliphatic heterocycles. The average molecular weight is 212 g/mol. The van der Waals surface area contributed by atoms with Crippen LogP contribution in [0.1, 0.15) is 6.92 Å². The molecule has 0 radical (unpaired) electrons. The highest BCUT2D eigenvalue weighted by atomic mass is 127. The van der Waals surface area contributed by atoms with E-state index in [0.717, 1.165) is 6.54 Å². The molecule has 1 unspecified atom stereocenters. The Bertz CT molecular complexity index is 68.1. The van der Waals surface area contributed by atoms with Crippen LogP contribution in [-0.2, 0) is 0 Å². The third-order valence-electron chi connectivity index (χ3n) is 1.45. The van der Waals surface area contributed by atoms with E-state index in [0.29, 0.717) is 12.1 Å². The standard InChI is InChI=1S/C4H9IN2/c1-3-4(6)2-7(3)5/h3-4H,2,6H2,1H3/t3-,4?/m0/s1.